The van der Waals surface area contributed by atoms with Gasteiger partial charge in [0.05, 0.1) is 25.5 Å². The lowest BCUT2D eigenvalue weighted by Gasteiger charge is -2.19. The van der Waals surface area contributed by atoms with Crippen LogP contribution in [0.3, 0.4) is 0 Å². The van der Waals surface area contributed by atoms with E-state index in [1.165, 1.54) is 38.5 Å². The van der Waals surface area contributed by atoms with Crippen LogP contribution in [0.5, 0.6) is 11.5 Å². The van der Waals surface area contributed by atoms with Crippen molar-refractivity contribution in [2.24, 2.45) is 0 Å². The number of thioether (sulfide) groups is 1. The van der Waals surface area contributed by atoms with Crippen LogP contribution in [0.25, 0.3) is 6.08 Å². The normalized spacial score (nSPS) is 12.0. The highest BCUT2D eigenvalue weighted by molar-refractivity contribution is 8.00. The molecule has 0 fully saturated rings. The second-order valence-electron chi connectivity index (χ2n) is 10.9. The number of para-hydroxylation sites is 1. The van der Waals surface area contributed by atoms with Crippen molar-refractivity contribution in [2.45, 2.75) is 16.3 Å². The van der Waals surface area contributed by atoms with E-state index in [-0.39, 0.29) is 11.4 Å². The molecular formula is C39H32F3N3O5S. The van der Waals surface area contributed by atoms with E-state index >= 15 is 0 Å². The molecule has 5 aromatic rings. The summed E-state index contributed by atoms with van der Waals surface area (Å²) >= 11 is 1.09. The van der Waals surface area contributed by atoms with Gasteiger partial charge < -0.3 is 25.4 Å². The number of carbonyl (C=O) groups excluding carboxylic acids is 3. The maximum absolute atomic E-state index is 13.8. The Labute approximate surface area is 296 Å². The third kappa shape index (κ3) is 9.58. The first-order valence-electron chi connectivity index (χ1n) is 15.5. The number of methoxy groups -OCH3 is 2. The van der Waals surface area contributed by atoms with E-state index in [1.54, 1.807) is 103 Å². The van der Waals surface area contributed by atoms with E-state index < -0.39 is 34.7 Å². The van der Waals surface area contributed by atoms with E-state index in [2.05, 4.69) is 16.0 Å². The molecule has 5 rings (SSSR count). The van der Waals surface area contributed by atoms with Gasteiger partial charge in [0.2, 0.25) is 5.91 Å². The van der Waals surface area contributed by atoms with Crippen molar-refractivity contribution in [3.63, 3.8) is 0 Å². The Morgan fingerprint density at radius 3 is 2.12 bits per heavy atom. The van der Waals surface area contributed by atoms with Crippen LogP contribution >= 0.6 is 11.8 Å². The minimum absolute atomic E-state index is 0.0988. The summed E-state index contributed by atoms with van der Waals surface area (Å²) in [4.78, 5) is 41.1. The number of alkyl halides is 3. The van der Waals surface area contributed by atoms with Crippen molar-refractivity contribution in [1.82, 2.24) is 5.32 Å². The van der Waals surface area contributed by atoms with Gasteiger partial charge in [-0.3, -0.25) is 14.4 Å². The molecule has 5 aromatic carbocycles. The number of benzene rings is 5. The zero-order valence-electron chi connectivity index (χ0n) is 27.4. The fourth-order valence-electron chi connectivity index (χ4n) is 4.97. The molecule has 0 saturated heterocycles. The Morgan fingerprint density at radius 2 is 1.43 bits per heavy atom. The summed E-state index contributed by atoms with van der Waals surface area (Å²) in [5.41, 5.74) is 0.256. The van der Waals surface area contributed by atoms with Crippen LogP contribution in [0.1, 0.15) is 32.3 Å². The quantitative estimate of drug-likeness (QED) is 0.0885. The fraction of sp³-hybridized carbons (Fsp3) is 0.103. The monoisotopic (exact) mass is 711 g/mol. The smallest absolute Gasteiger partial charge is 0.418 e. The van der Waals surface area contributed by atoms with Gasteiger partial charge >= 0.3 is 6.18 Å². The summed E-state index contributed by atoms with van der Waals surface area (Å²) < 4.78 is 51.9. The summed E-state index contributed by atoms with van der Waals surface area (Å²) in [7, 11) is 2.97. The lowest BCUT2D eigenvalue weighted by atomic mass is 10.1. The van der Waals surface area contributed by atoms with E-state index in [4.69, 9.17) is 9.47 Å². The molecule has 0 radical (unpaired) electrons. The topological polar surface area (TPSA) is 106 Å². The Hall–Kier alpha value is -6.01. The highest BCUT2D eigenvalue weighted by atomic mass is 32.2. The van der Waals surface area contributed by atoms with Crippen molar-refractivity contribution in [3.8, 4) is 11.5 Å². The number of carbonyl (C=O) groups is 3. The van der Waals surface area contributed by atoms with E-state index in [9.17, 15) is 27.6 Å². The highest BCUT2D eigenvalue weighted by Crippen LogP contribution is 2.39. The van der Waals surface area contributed by atoms with Crippen LogP contribution in [0, 0.1) is 0 Å². The first-order valence-corrected chi connectivity index (χ1v) is 16.3. The van der Waals surface area contributed by atoms with Gasteiger partial charge in [-0.1, -0.05) is 66.7 Å². The summed E-state index contributed by atoms with van der Waals surface area (Å²) in [5, 5.41) is 6.98. The summed E-state index contributed by atoms with van der Waals surface area (Å²) in [5.74, 6) is -0.922. The molecule has 3 amide bonds. The van der Waals surface area contributed by atoms with Crippen LogP contribution in [0.4, 0.5) is 24.5 Å². The van der Waals surface area contributed by atoms with Crippen LogP contribution in [0.2, 0.25) is 0 Å². The molecule has 1 atom stereocenters. The Kier molecular flexibility index (Phi) is 11.8. The predicted molar refractivity (Wildman–Crippen MR) is 192 cm³/mol. The number of anilines is 2. The first kappa shape index (κ1) is 36.3. The number of ether oxygens (including phenoxy) is 2. The maximum Gasteiger partial charge on any atom is 0.418 e. The van der Waals surface area contributed by atoms with Gasteiger partial charge in [0, 0.05) is 21.7 Å². The van der Waals surface area contributed by atoms with Crippen LogP contribution < -0.4 is 25.4 Å². The molecule has 260 valence electrons. The molecule has 0 aromatic heterocycles. The van der Waals surface area contributed by atoms with E-state index in [0.29, 0.717) is 38.8 Å². The Bertz CT molecular complexity index is 2040. The third-order valence-electron chi connectivity index (χ3n) is 7.44. The number of hydrogen-bond acceptors (Lipinski definition) is 6. The standard InChI is InChI=1S/C39H32F3N3O5S/c1-49-29-20-21-34(50-2)27(22-29)23-33(45-36(46)26-14-7-4-8-15-26)37(47)43-28-16-11-17-30(24-28)51-35(25-12-5-3-6-13-25)38(48)44-32-19-10-9-18-31(32)39(40,41)42/h3-24,35H,1-2H3,(H,43,47)(H,44,48)(H,45,46)/b33-23+. The molecule has 0 heterocycles. The van der Waals surface area contributed by atoms with Crippen LogP contribution in [-0.2, 0) is 15.8 Å². The Balaban J connectivity index is 1.43. The van der Waals surface area contributed by atoms with Gasteiger partial charge in [-0.05, 0) is 72.3 Å². The average molecular weight is 712 g/mol. The van der Waals surface area contributed by atoms with Gasteiger partial charge in [-0.15, -0.1) is 11.8 Å². The predicted octanol–water partition coefficient (Wildman–Crippen LogP) is 8.60. The van der Waals surface area contributed by atoms with Crippen molar-refractivity contribution in [3.05, 3.63) is 155 Å². The van der Waals surface area contributed by atoms with Crippen LogP contribution in [-0.4, -0.2) is 31.9 Å². The molecule has 0 aliphatic heterocycles. The van der Waals surface area contributed by atoms with Crippen molar-refractivity contribution in [2.75, 3.05) is 24.9 Å². The fourth-order valence-corrected chi connectivity index (χ4v) is 6.05. The maximum atomic E-state index is 13.8. The minimum Gasteiger partial charge on any atom is -0.497 e. The Morgan fingerprint density at radius 1 is 0.745 bits per heavy atom. The average Bonchev–Trinajstić information content (AvgIpc) is 3.14. The molecule has 0 aliphatic carbocycles. The minimum atomic E-state index is -4.67. The lowest BCUT2D eigenvalue weighted by Crippen LogP contribution is -2.30. The highest BCUT2D eigenvalue weighted by Gasteiger charge is 2.34. The molecule has 12 heteroatoms. The summed E-state index contributed by atoms with van der Waals surface area (Å²) in [6.45, 7) is 0. The summed E-state index contributed by atoms with van der Waals surface area (Å²) in [6, 6.07) is 33.4. The number of rotatable bonds is 12. The van der Waals surface area contributed by atoms with Gasteiger partial charge in [0.1, 0.15) is 22.4 Å². The van der Waals surface area contributed by atoms with Gasteiger partial charge in [-0.25, -0.2) is 0 Å². The lowest BCUT2D eigenvalue weighted by molar-refractivity contribution is -0.137. The molecule has 3 N–H and O–H groups in total. The van der Waals surface area contributed by atoms with Crippen LogP contribution in [0.15, 0.2) is 138 Å². The molecule has 0 spiro atoms. The largest absolute Gasteiger partial charge is 0.497 e. The van der Waals surface area contributed by atoms with Gasteiger partial charge in [-0.2, -0.15) is 13.2 Å². The summed E-state index contributed by atoms with van der Waals surface area (Å²) in [6.07, 6.45) is -3.21. The molecule has 8 nitrogen and oxygen atoms in total. The zero-order valence-corrected chi connectivity index (χ0v) is 28.2. The zero-order chi connectivity index (χ0) is 36.4. The molecule has 0 aliphatic rings. The SMILES string of the molecule is COc1ccc(OC)c(/C=C(/NC(=O)c2ccccc2)C(=O)Nc2cccc(SC(C(=O)Nc3ccccc3C(F)(F)F)c3ccccc3)c2)c1. The number of nitrogens with one attached hydrogen (secondary N) is 3. The molecule has 0 saturated carbocycles. The molecule has 1 unspecified atom stereocenters. The van der Waals surface area contributed by atoms with Gasteiger partial charge in [0.25, 0.3) is 11.8 Å². The molecule has 0 bridgehead atoms. The number of hydrogen-bond donors (Lipinski definition) is 3. The van der Waals surface area contributed by atoms with Crippen molar-refractivity contribution in [1.29, 1.82) is 0 Å². The van der Waals surface area contributed by atoms with Crippen molar-refractivity contribution >= 4 is 46.9 Å². The second kappa shape index (κ2) is 16.6. The number of halogens is 3. The molecule has 51 heavy (non-hydrogen) atoms. The molecular weight excluding hydrogens is 680 g/mol. The van der Waals surface area contributed by atoms with E-state index in [0.717, 1.165) is 17.8 Å². The third-order valence-corrected chi connectivity index (χ3v) is 8.69. The van der Waals surface area contributed by atoms with Crippen molar-refractivity contribution < 1.29 is 37.0 Å². The number of amides is 3. The second-order valence-corrected chi connectivity index (χ2v) is 12.1. The van der Waals surface area contributed by atoms with E-state index in [1.807, 2.05) is 0 Å². The van der Waals surface area contributed by atoms with Gasteiger partial charge in [0.15, 0.2) is 0 Å². The first-order chi connectivity index (χ1) is 24.5.